The van der Waals surface area contributed by atoms with E-state index in [0.29, 0.717) is 103 Å². The molecule has 20 unspecified atom stereocenters. The van der Waals surface area contributed by atoms with Gasteiger partial charge in [0, 0.05) is 174 Å². The third-order valence-electron chi connectivity index (χ3n) is 21.8. The number of carboxylic acids is 1. The molecule has 4 fully saturated rings. The first kappa shape index (κ1) is 125. The second-order valence-electron chi connectivity index (χ2n) is 34.0. The van der Waals surface area contributed by atoms with Gasteiger partial charge in [0.1, 0.15) is 69.0 Å². The molecule has 47 nitrogen and oxygen atoms in total. The molecule has 0 aromatic carbocycles. The Bertz CT molecular complexity index is 3680. The zero-order chi connectivity index (χ0) is 103. The van der Waals surface area contributed by atoms with Crippen LogP contribution in [-0.2, 0) is 162 Å². The molecule has 0 saturated carbocycles. The number of carbonyl (C=O) groups is 17. The molecule has 0 bridgehead atoms. The standard InChI is InChI=1S/C65H105N7O28.C17H29NO7.C9H24N4/c1-37-49(34-90-41(5)76)98-63(55(69-38(2)73)58(37)93-44(8)79)87-31-16-13-22-52(84)67-27-19-25-66-26-20-29-72(54(86)24-15-18-33-89-65-57(71-40(4)75)62(97-48(12)83)60(95-46(10)81)51(100-65)36-92-43(7)78)30-21-28-68-53(85)23-14-17-32-88-64-56(70-39(3)74)61(96-47(11)82)59(94-45(9)80)50(99-64)35-91-42(6)77;1-10-11(2)16(18-12(3)19)17(23-8-6-5-7-15(21)22)25-14(10)9-24-13(4)20;10-4-1-6-12-8-3-9-13-7-2-5-11/h37,49-51,55-66H,13-36H2,1-12H3,(H,67,84)(H,68,85)(H,69,73)(H,70,74)(H,71,75);10-11,14,16-17H,5-9H2,1-4H3,(H,18,19)(H,21,22);12-13H,1-11H2. The second kappa shape index (κ2) is 71.8. The highest BCUT2D eigenvalue weighted by Gasteiger charge is 2.54. The molecule has 4 saturated heterocycles. The lowest BCUT2D eigenvalue weighted by Gasteiger charge is -2.44. The van der Waals surface area contributed by atoms with Gasteiger partial charge < -0.3 is 150 Å². The van der Waals surface area contributed by atoms with Crippen LogP contribution in [-0.4, -0.2) is 347 Å². The number of aliphatic carboxylic acids is 1. The summed E-state index contributed by atoms with van der Waals surface area (Å²) in [6, 6.07) is -3.51. The molecular weight excluding hydrogens is 1820 g/mol. The minimum atomic E-state index is -1.32. The normalized spacial score (nSPS) is 24.1. The highest BCUT2D eigenvalue weighted by Crippen LogP contribution is 2.35. The van der Waals surface area contributed by atoms with Gasteiger partial charge in [-0.15, -0.1) is 0 Å². The Morgan fingerprint density at radius 2 is 0.580 bits per heavy atom. The molecule has 138 heavy (non-hydrogen) atoms. The number of nitrogens with one attached hydrogen (secondary N) is 9. The minimum absolute atomic E-state index is 0.00158. The number of ether oxygens (including phenoxy) is 17. The van der Waals surface area contributed by atoms with Gasteiger partial charge in [0.15, 0.2) is 49.6 Å². The van der Waals surface area contributed by atoms with E-state index in [1.807, 2.05) is 13.8 Å². The number of rotatable bonds is 63. The monoisotopic (exact) mass is 1980 g/mol. The maximum absolute atomic E-state index is 13.9. The molecule has 4 rings (SSSR count). The number of esters is 9. The van der Waals surface area contributed by atoms with Gasteiger partial charge in [-0.1, -0.05) is 20.8 Å². The van der Waals surface area contributed by atoms with Gasteiger partial charge in [0.05, 0.1) is 12.1 Å². The van der Waals surface area contributed by atoms with E-state index in [9.17, 15) is 81.5 Å². The van der Waals surface area contributed by atoms with Crippen molar-refractivity contribution in [1.82, 2.24) is 52.8 Å². The Balaban J connectivity index is 0.00000139. The van der Waals surface area contributed by atoms with Gasteiger partial charge in [0.25, 0.3) is 0 Å². The van der Waals surface area contributed by atoms with Crippen LogP contribution in [0.4, 0.5) is 0 Å². The highest BCUT2D eigenvalue weighted by atomic mass is 16.7. The van der Waals surface area contributed by atoms with E-state index in [1.165, 1.54) is 54.9 Å². The van der Waals surface area contributed by atoms with Crippen LogP contribution in [0, 0.1) is 17.8 Å². The molecule has 7 amide bonds. The Labute approximate surface area is 808 Å². The molecule has 4 aliphatic heterocycles. The van der Waals surface area contributed by atoms with Gasteiger partial charge in [0.2, 0.25) is 41.4 Å². The van der Waals surface area contributed by atoms with Crippen molar-refractivity contribution in [1.29, 1.82) is 0 Å². The first-order valence-corrected chi connectivity index (χ1v) is 47.6. The van der Waals surface area contributed by atoms with Crippen molar-refractivity contribution >= 4 is 101 Å². The molecule has 0 aromatic heterocycles. The number of hydrogen-bond donors (Lipinski definition) is 12. The van der Waals surface area contributed by atoms with Crippen molar-refractivity contribution in [2.45, 2.75) is 331 Å². The van der Waals surface area contributed by atoms with E-state index in [2.05, 4.69) is 47.9 Å². The van der Waals surface area contributed by atoms with Crippen molar-refractivity contribution in [3.05, 3.63) is 0 Å². The molecule has 0 aliphatic carbocycles. The number of amides is 7. The third kappa shape index (κ3) is 54.9. The summed E-state index contributed by atoms with van der Waals surface area (Å²) in [7, 11) is 0. The van der Waals surface area contributed by atoms with E-state index in [0.717, 1.165) is 93.7 Å². The first-order chi connectivity index (χ1) is 65.5. The summed E-state index contributed by atoms with van der Waals surface area (Å²) < 4.78 is 96.1. The van der Waals surface area contributed by atoms with Crippen molar-refractivity contribution in [2.75, 3.05) is 131 Å². The summed E-state index contributed by atoms with van der Waals surface area (Å²) in [6.45, 7) is 29.3. The number of nitrogens with two attached hydrogens (primary N) is 2. The molecule has 14 N–H and O–H groups in total. The van der Waals surface area contributed by atoms with E-state index >= 15 is 0 Å². The summed E-state index contributed by atoms with van der Waals surface area (Å²) in [5.74, 6) is -9.35. The minimum Gasteiger partial charge on any atom is -0.481 e. The average Bonchev–Trinajstić information content (AvgIpc) is 0.786. The van der Waals surface area contributed by atoms with E-state index in [1.54, 1.807) is 11.8 Å². The van der Waals surface area contributed by atoms with Gasteiger partial charge in [-0.3, -0.25) is 81.5 Å². The summed E-state index contributed by atoms with van der Waals surface area (Å²) in [4.78, 5) is 207. The van der Waals surface area contributed by atoms with Crippen LogP contribution in [0.15, 0.2) is 0 Å². The van der Waals surface area contributed by atoms with E-state index in [4.69, 9.17) is 97.1 Å². The summed E-state index contributed by atoms with van der Waals surface area (Å²) in [5.41, 5.74) is 10.7. The lowest BCUT2D eigenvalue weighted by atomic mass is 9.82. The zero-order valence-corrected chi connectivity index (χ0v) is 83.3. The average molecular weight is 1980 g/mol. The number of nitrogens with zero attached hydrogens (tertiary/aromatic N) is 1. The third-order valence-corrected chi connectivity index (χ3v) is 21.8. The fraction of sp³-hybridized carbons (Fsp3) is 0.813. The first-order valence-electron chi connectivity index (χ1n) is 47.6. The van der Waals surface area contributed by atoms with Gasteiger partial charge in [-0.2, -0.15) is 0 Å². The molecule has 4 aliphatic rings. The molecule has 0 radical (unpaired) electrons. The van der Waals surface area contributed by atoms with Crippen molar-refractivity contribution in [2.24, 2.45) is 29.2 Å². The van der Waals surface area contributed by atoms with Crippen LogP contribution in [0.25, 0.3) is 0 Å². The number of unbranched alkanes of at least 4 members (excludes halogenated alkanes) is 4. The predicted octanol–water partition coefficient (Wildman–Crippen LogP) is 0.617. The summed E-state index contributed by atoms with van der Waals surface area (Å²) in [6.07, 6.45) is -5.06. The van der Waals surface area contributed by atoms with Crippen molar-refractivity contribution < 1.29 is 167 Å². The maximum atomic E-state index is 13.9. The molecule has 47 heteroatoms. The van der Waals surface area contributed by atoms with Crippen molar-refractivity contribution in [3.8, 4) is 0 Å². The van der Waals surface area contributed by atoms with Crippen LogP contribution in [0.3, 0.4) is 0 Å². The Kier molecular flexibility index (Phi) is 64.8. The summed E-state index contributed by atoms with van der Waals surface area (Å²) in [5, 5.41) is 35.3. The van der Waals surface area contributed by atoms with Crippen molar-refractivity contribution in [3.63, 3.8) is 0 Å². The molecule has 0 spiro atoms. The van der Waals surface area contributed by atoms with E-state index in [-0.39, 0.29) is 125 Å². The maximum Gasteiger partial charge on any atom is 0.303 e. The van der Waals surface area contributed by atoms with E-state index < -0.39 is 183 Å². The van der Waals surface area contributed by atoms with Crippen LogP contribution in [0.2, 0.25) is 0 Å². The van der Waals surface area contributed by atoms with Crippen LogP contribution in [0.5, 0.6) is 0 Å². The fourth-order valence-corrected chi connectivity index (χ4v) is 15.0. The predicted molar refractivity (Wildman–Crippen MR) is 491 cm³/mol. The molecule has 792 valence electrons. The SMILES string of the molecule is CC(=O)NC1C(OCCCCC(=O)NCCCNCCCN(CCCNC(=O)CCCCOC2OC(COC(C)=O)C(OC(C)=O)C(OC(C)=O)C2NC(C)=O)C(=O)CCCCOC2OC(COC(C)=O)C(OC(C)=O)C(OC(C)=O)C2NC(C)=O)OC(COC(C)=O)C(C)C1OC(C)=O.CC(=O)NC1C(OCCCCC(=O)O)OC(COC(C)=O)C(C)C1C.NCCCNCCCNCCCN. The zero-order valence-electron chi connectivity index (χ0n) is 83.3. The molecule has 20 atom stereocenters. The Morgan fingerprint density at radius 3 is 0.935 bits per heavy atom. The van der Waals surface area contributed by atoms with Crippen LogP contribution < -0.4 is 59.3 Å². The molecule has 0 aromatic rings. The van der Waals surface area contributed by atoms with Gasteiger partial charge in [-0.25, -0.2) is 0 Å². The largest absolute Gasteiger partial charge is 0.481 e. The topological polar surface area (TPSA) is 631 Å². The van der Waals surface area contributed by atoms with Crippen LogP contribution in [0.1, 0.15) is 226 Å². The lowest BCUT2D eigenvalue weighted by molar-refractivity contribution is -0.277. The molecular formula is C91H158N12O35. The Hall–Kier alpha value is -9.53. The Morgan fingerprint density at radius 1 is 0.297 bits per heavy atom. The number of carbonyl (C=O) groups excluding carboxylic acids is 16. The number of hydrogen-bond acceptors (Lipinski definition) is 39. The van der Waals surface area contributed by atoms with Gasteiger partial charge in [-0.05, 0) is 154 Å². The fourth-order valence-electron chi connectivity index (χ4n) is 15.0. The van der Waals surface area contributed by atoms with Gasteiger partial charge >= 0.3 is 59.7 Å². The highest BCUT2D eigenvalue weighted by molar-refractivity contribution is 5.78. The smallest absolute Gasteiger partial charge is 0.303 e. The summed E-state index contributed by atoms with van der Waals surface area (Å²) >= 11 is 0. The lowest BCUT2D eigenvalue weighted by Crippen LogP contribution is -2.66. The second-order valence-corrected chi connectivity index (χ2v) is 34.0. The number of carboxylic acid groups (broad SMARTS) is 1. The quantitative estimate of drug-likeness (QED) is 0.0226. The van der Waals surface area contributed by atoms with Crippen LogP contribution >= 0.6 is 0 Å². The molecule has 4 heterocycles.